The lowest BCUT2D eigenvalue weighted by molar-refractivity contribution is -0.130. The third kappa shape index (κ3) is 2.94. The van der Waals surface area contributed by atoms with Crippen molar-refractivity contribution in [2.45, 2.75) is 39.0 Å². The van der Waals surface area contributed by atoms with Crippen LogP contribution >= 0.6 is 0 Å². The molecule has 2 heteroatoms. The maximum absolute atomic E-state index is 11.3. The van der Waals surface area contributed by atoms with Gasteiger partial charge in [-0.05, 0) is 6.42 Å². The lowest BCUT2D eigenvalue weighted by Gasteiger charge is -2.20. The summed E-state index contributed by atoms with van der Waals surface area (Å²) in [6, 6.07) is 0. The molecule has 1 unspecified atom stereocenters. The van der Waals surface area contributed by atoms with Crippen LogP contribution in [0.3, 0.4) is 0 Å². The van der Waals surface area contributed by atoms with E-state index >= 15 is 0 Å². The van der Waals surface area contributed by atoms with Crippen LogP contribution in [0.2, 0.25) is 0 Å². The summed E-state index contributed by atoms with van der Waals surface area (Å²) in [7, 11) is 0. The van der Waals surface area contributed by atoms with Crippen LogP contribution in [0.1, 0.15) is 39.0 Å². The second-order valence-corrected chi connectivity index (χ2v) is 3.48. The minimum Gasteiger partial charge on any atom is -0.380 e. The molecule has 0 N–H and O–H groups in total. The van der Waals surface area contributed by atoms with Gasteiger partial charge in [-0.15, -0.1) is 0 Å². The van der Waals surface area contributed by atoms with Crippen LogP contribution in [-0.4, -0.2) is 19.0 Å². The van der Waals surface area contributed by atoms with Gasteiger partial charge in [-0.3, -0.25) is 4.79 Å². The average Bonchev–Trinajstić information content (AvgIpc) is 2.09. The molecule has 70 valence electrons. The van der Waals surface area contributed by atoms with Crippen LogP contribution < -0.4 is 0 Å². The van der Waals surface area contributed by atoms with Gasteiger partial charge in [-0.2, -0.15) is 0 Å². The van der Waals surface area contributed by atoms with Crippen LogP contribution in [0.5, 0.6) is 0 Å². The second-order valence-electron chi connectivity index (χ2n) is 3.48. The zero-order chi connectivity index (χ0) is 8.81. The highest BCUT2D eigenvalue weighted by Crippen LogP contribution is 2.16. The largest absolute Gasteiger partial charge is 0.380 e. The predicted octanol–water partition coefficient (Wildman–Crippen LogP) is 2.17. The van der Waals surface area contributed by atoms with Crippen molar-refractivity contribution in [2.24, 2.45) is 5.92 Å². The molecule has 0 aromatic rings. The van der Waals surface area contributed by atoms with Crippen molar-refractivity contribution in [2.75, 3.05) is 13.2 Å². The molecule has 1 atom stereocenters. The van der Waals surface area contributed by atoms with E-state index in [1.807, 2.05) is 0 Å². The van der Waals surface area contributed by atoms with Crippen molar-refractivity contribution in [1.29, 1.82) is 0 Å². The molecule has 0 aromatic carbocycles. The highest BCUT2D eigenvalue weighted by atomic mass is 16.5. The molecule has 0 saturated carbocycles. The maximum atomic E-state index is 11.3. The van der Waals surface area contributed by atoms with Crippen LogP contribution in [0.4, 0.5) is 0 Å². The van der Waals surface area contributed by atoms with Crippen molar-refractivity contribution < 1.29 is 9.53 Å². The van der Waals surface area contributed by atoms with Crippen molar-refractivity contribution in [3.8, 4) is 0 Å². The summed E-state index contributed by atoms with van der Waals surface area (Å²) in [5.41, 5.74) is 0. The molecule has 1 aliphatic heterocycles. The summed E-state index contributed by atoms with van der Waals surface area (Å²) in [5, 5.41) is 0. The summed E-state index contributed by atoms with van der Waals surface area (Å²) in [4.78, 5) is 11.3. The topological polar surface area (TPSA) is 26.3 Å². The first kappa shape index (κ1) is 9.72. The number of hydrogen-bond donors (Lipinski definition) is 0. The van der Waals surface area contributed by atoms with Gasteiger partial charge in [0.1, 0.15) is 5.78 Å². The Morgan fingerprint density at radius 1 is 1.50 bits per heavy atom. The number of ether oxygens (including phenoxy) is 1. The lowest BCUT2D eigenvalue weighted by atomic mass is 9.94. The Hall–Kier alpha value is -0.370. The monoisotopic (exact) mass is 170 g/mol. The van der Waals surface area contributed by atoms with E-state index in [4.69, 9.17) is 4.74 Å². The number of carbonyl (C=O) groups is 1. The maximum Gasteiger partial charge on any atom is 0.140 e. The highest BCUT2D eigenvalue weighted by Gasteiger charge is 2.21. The molecule has 0 aliphatic carbocycles. The normalized spacial score (nSPS) is 24.4. The minimum absolute atomic E-state index is 0.213. The first-order valence-corrected chi connectivity index (χ1v) is 4.95. The van der Waals surface area contributed by atoms with Gasteiger partial charge in [0.05, 0.1) is 13.2 Å². The number of ketones is 1. The van der Waals surface area contributed by atoms with Crippen molar-refractivity contribution in [1.82, 2.24) is 0 Å². The van der Waals surface area contributed by atoms with Gasteiger partial charge in [-0.25, -0.2) is 0 Å². The zero-order valence-corrected chi connectivity index (χ0v) is 7.84. The number of Topliss-reactive ketones (excluding diaryl/α,β-unsaturated/α-hetero) is 1. The van der Waals surface area contributed by atoms with Crippen molar-refractivity contribution in [3.63, 3.8) is 0 Å². The Labute approximate surface area is 74.3 Å². The van der Waals surface area contributed by atoms with Crippen molar-refractivity contribution in [3.05, 3.63) is 0 Å². The zero-order valence-electron chi connectivity index (χ0n) is 7.84. The number of carbonyl (C=O) groups excluding carboxylic acids is 1. The lowest BCUT2D eigenvalue weighted by Crippen LogP contribution is -2.27. The van der Waals surface area contributed by atoms with Gasteiger partial charge in [0, 0.05) is 12.3 Å². The van der Waals surface area contributed by atoms with Gasteiger partial charge >= 0.3 is 0 Å². The van der Waals surface area contributed by atoms with Gasteiger partial charge in [0.2, 0.25) is 0 Å². The number of rotatable bonds is 4. The molecule has 12 heavy (non-hydrogen) atoms. The molecule has 1 aliphatic rings. The van der Waals surface area contributed by atoms with Crippen LogP contribution in [0.15, 0.2) is 0 Å². The van der Waals surface area contributed by atoms with Crippen LogP contribution in [0, 0.1) is 5.92 Å². The van der Waals surface area contributed by atoms with E-state index in [2.05, 4.69) is 6.92 Å². The van der Waals surface area contributed by atoms with E-state index in [-0.39, 0.29) is 5.92 Å². The average molecular weight is 170 g/mol. The number of hydrogen-bond acceptors (Lipinski definition) is 2. The second kappa shape index (κ2) is 5.31. The predicted molar refractivity (Wildman–Crippen MR) is 48.1 cm³/mol. The smallest absolute Gasteiger partial charge is 0.140 e. The Kier molecular flexibility index (Phi) is 4.30. The molecular formula is C10H18O2. The molecule has 0 amide bonds. The van der Waals surface area contributed by atoms with Gasteiger partial charge in [-0.1, -0.05) is 26.2 Å². The fourth-order valence-corrected chi connectivity index (χ4v) is 1.58. The fraction of sp³-hybridized carbons (Fsp3) is 0.900. The van der Waals surface area contributed by atoms with E-state index in [1.54, 1.807) is 0 Å². The molecule has 1 saturated heterocycles. The third-order valence-electron chi connectivity index (χ3n) is 2.42. The Bertz CT molecular complexity index is 143. The molecule has 0 radical (unpaired) electrons. The van der Waals surface area contributed by atoms with E-state index in [0.29, 0.717) is 25.4 Å². The SMILES string of the molecule is CCCCCC1COCCC1=O. The van der Waals surface area contributed by atoms with E-state index in [0.717, 1.165) is 6.42 Å². The summed E-state index contributed by atoms with van der Waals surface area (Å²) < 4.78 is 5.26. The Balaban J connectivity index is 2.16. The molecule has 0 spiro atoms. The molecule has 1 heterocycles. The Morgan fingerprint density at radius 3 is 3.00 bits per heavy atom. The molecule has 1 rings (SSSR count). The molecular weight excluding hydrogens is 152 g/mol. The van der Waals surface area contributed by atoms with E-state index in [1.165, 1.54) is 19.3 Å². The summed E-state index contributed by atoms with van der Waals surface area (Å²) in [6.45, 7) is 3.49. The van der Waals surface area contributed by atoms with E-state index in [9.17, 15) is 4.79 Å². The van der Waals surface area contributed by atoms with Crippen LogP contribution in [0.25, 0.3) is 0 Å². The third-order valence-corrected chi connectivity index (χ3v) is 2.42. The standard InChI is InChI=1S/C10H18O2/c1-2-3-4-5-9-8-12-7-6-10(9)11/h9H,2-8H2,1H3. The van der Waals surface area contributed by atoms with Gasteiger partial charge in [0.25, 0.3) is 0 Å². The van der Waals surface area contributed by atoms with Gasteiger partial charge in [0.15, 0.2) is 0 Å². The molecule has 1 fully saturated rings. The molecule has 0 aromatic heterocycles. The summed E-state index contributed by atoms with van der Waals surface area (Å²) in [6.07, 6.45) is 5.31. The first-order valence-electron chi connectivity index (χ1n) is 4.95. The van der Waals surface area contributed by atoms with Gasteiger partial charge < -0.3 is 4.74 Å². The minimum atomic E-state index is 0.213. The first-order chi connectivity index (χ1) is 5.84. The summed E-state index contributed by atoms with van der Waals surface area (Å²) >= 11 is 0. The van der Waals surface area contributed by atoms with E-state index < -0.39 is 0 Å². The quantitative estimate of drug-likeness (QED) is 0.604. The molecule has 2 nitrogen and oxygen atoms in total. The fourth-order valence-electron chi connectivity index (χ4n) is 1.58. The summed E-state index contributed by atoms with van der Waals surface area (Å²) in [5.74, 6) is 0.627. The Morgan fingerprint density at radius 2 is 2.33 bits per heavy atom. The molecule has 0 bridgehead atoms. The van der Waals surface area contributed by atoms with Crippen molar-refractivity contribution >= 4 is 5.78 Å². The van der Waals surface area contributed by atoms with Crippen LogP contribution in [-0.2, 0) is 9.53 Å². The number of unbranched alkanes of at least 4 members (excludes halogenated alkanes) is 2. The highest BCUT2D eigenvalue weighted by molar-refractivity contribution is 5.81.